The van der Waals surface area contributed by atoms with Crippen LogP contribution in [-0.4, -0.2) is 11.6 Å². The van der Waals surface area contributed by atoms with Crippen molar-refractivity contribution in [3.8, 4) is 0 Å². The van der Waals surface area contributed by atoms with Gasteiger partial charge in [0.1, 0.15) is 0 Å². The van der Waals surface area contributed by atoms with Crippen LogP contribution in [0.3, 0.4) is 0 Å². The number of rotatable bonds is 6. The Morgan fingerprint density at radius 3 is 1.62 bits per heavy atom. The summed E-state index contributed by atoms with van der Waals surface area (Å²) in [4.78, 5) is 23.6. The zero-order valence-electron chi connectivity index (χ0n) is 11.8. The predicted molar refractivity (Wildman–Crippen MR) is 91.1 cm³/mol. The van der Waals surface area contributed by atoms with Gasteiger partial charge in [-0.15, -0.1) is 22.7 Å². The second-order valence-electron chi connectivity index (χ2n) is 4.63. The Morgan fingerprint density at radius 2 is 1.29 bits per heavy atom. The van der Waals surface area contributed by atoms with Crippen LogP contribution in [0.15, 0.2) is 55.6 Å². The summed E-state index contributed by atoms with van der Waals surface area (Å²) >= 11 is 4.60. The lowest BCUT2D eigenvalue weighted by Gasteiger charge is -1.95. The van der Waals surface area contributed by atoms with Crippen molar-refractivity contribution in [2.24, 2.45) is 0 Å². The number of carbonyl (C=O) groups is 2. The third kappa shape index (κ3) is 3.81. The molecule has 0 unspecified atom stereocenters. The van der Waals surface area contributed by atoms with Crippen molar-refractivity contribution in [1.82, 2.24) is 0 Å². The first-order valence-corrected chi connectivity index (χ1v) is 8.71. The van der Waals surface area contributed by atoms with Crippen molar-refractivity contribution in [1.29, 1.82) is 0 Å². The largest absolute Gasteiger partial charge is 0.289 e. The van der Waals surface area contributed by atoms with Crippen LogP contribution in [-0.2, 0) is 0 Å². The molecule has 0 spiro atoms. The first kappa shape index (κ1) is 15.9. The molecule has 0 saturated carbocycles. The van der Waals surface area contributed by atoms with Crippen LogP contribution in [0.1, 0.15) is 34.6 Å². The summed E-state index contributed by atoms with van der Waals surface area (Å²) in [6, 6.07) is 3.73. The van der Waals surface area contributed by atoms with Gasteiger partial charge in [0.25, 0.3) is 0 Å². The van der Waals surface area contributed by atoms with Crippen molar-refractivity contribution < 1.29 is 9.59 Å². The molecule has 0 amide bonds. The Kier molecular flexibility index (Phi) is 4.98. The van der Waals surface area contributed by atoms with E-state index < -0.39 is 0 Å². The number of carbonyl (C=O) groups excluding carboxylic acids is 2. The lowest BCUT2D eigenvalue weighted by Crippen LogP contribution is -1.96. The molecule has 2 aromatic heterocycles. The van der Waals surface area contributed by atoms with Gasteiger partial charge in [0.05, 0.1) is 8.42 Å². The third-order valence-corrected chi connectivity index (χ3v) is 5.81. The molecule has 2 aromatic rings. The quantitative estimate of drug-likeness (QED) is 0.518. The van der Waals surface area contributed by atoms with Crippen molar-refractivity contribution in [3.63, 3.8) is 0 Å². The summed E-state index contributed by atoms with van der Waals surface area (Å²) in [6.07, 6.45) is 0. The minimum atomic E-state index is -0.0255. The molecule has 0 aliphatic heterocycles. The molecule has 0 N–H and O–H groups in total. The van der Waals surface area contributed by atoms with Crippen LogP contribution in [0.2, 0.25) is 0 Å². The number of hydrogen-bond donors (Lipinski definition) is 0. The fourth-order valence-corrected chi connectivity index (χ4v) is 4.74. The second-order valence-corrected chi connectivity index (χ2v) is 8.05. The van der Waals surface area contributed by atoms with Crippen LogP contribution in [0.4, 0.5) is 0 Å². The van der Waals surface area contributed by atoms with Gasteiger partial charge < -0.3 is 0 Å². The summed E-state index contributed by atoms with van der Waals surface area (Å²) in [5, 5.41) is 3.68. The monoisotopic (exact) mass is 334 g/mol. The Hall–Kier alpha value is -1.43. The maximum Gasteiger partial charge on any atom is 0.189 e. The molecule has 0 aliphatic rings. The fourth-order valence-electron chi connectivity index (χ4n) is 1.57. The van der Waals surface area contributed by atoms with Gasteiger partial charge in [-0.2, -0.15) is 0 Å². The van der Waals surface area contributed by atoms with Gasteiger partial charge in [-0.1, -0.05) is 24.9 Å². The van der Waals surface area contributed by atoms with Crippen molar-refractivity contribution in [2.75, 3.05) is 0 Å². The van der Waals surface area contributed by atoms with E-state index in [4.69, 9.17) is 0 Å². The zero-order chi connectivity index (χ0) is 15.6. The Morgan fingerprint density at radius 1 is 0.905 bits per heavy atom. The molecule has 0 aliphatic carbocycles. The summed E-state index contributed by atoms with van der Waals surface area (Å²) in [6.45, 7) is 10.8. The fraction of sp³-hybridized carbons (Fsp3) is 0.125. The normalized spacial score (nSPS) is 10.4. The first-order chi connectivity index (χ1) is 9.88. The number of Topliss-reactive ketones (excluding diaryl/α,β-unsaturated/α-hetero) is 2. The molecular formula is C16H14O2S3. The third-order valence-electron chi connectivity index (χ3n) is 2.65. The standard InChI is InChI=1S/C16H14O2S3/c1-9(2)15(17)11-5-13(19-7-11)21-14-6-12(8-20-14)16(18)10(3)4/h5-8H,1,3H2,2,4H3. The van der Waals surface area contributed by atoms with E-state index in [9.17, 15) is 9.59 Å². The van der Waals surface area contributed by atoms with E-state index in [0.717, 1.165) is 8.42 Å². The minimum Gasteiger partial charge on any atom is -0.289 e. The molecular weight excluding hydrogens is 320 g/mol. The number of thiophene rings is 2. The highest BCUT2D eigenvalue weighted by atomic mass is 32.2. The number of ketones is 2. The van der Waals surface area contributed by atoms with E-state index in [-0.39, 0.29) is 11.6 Å². The molecule has 0 saturated heterocycles. The maximum atomic E-state index is 11.8. The van der Waals surface area contributed by atoms with Gasteiger partial charge in [0, 0.05) is 21.9 Å². The van der Waals surface area contributed by atoms with E-state index in [1.165, 1.54) is 22.7 Å². The average Bonchev–Trinajstić information content (AvgIpc) is 3.06. The first-order valence-electron chi connectivity index (χ1n) is 6.14. The number of allylic oxidation sites excluding steroid dienone is 2. The van der Waals surface area contributed by atoms with Crippen LogP contribution in [0.5, 0.6) is 0 Å². The summed E-state index contributed by atoms with van der Waals surface area (Å²) in [7, 11) is 0. The molecule has 2 heterocycles. The van der Waals surface area contributed by atoms with Crippen molar-refractivity contribution in [3.05, 3.63) is 58.3 Å². The smallest absolute Gasteiger partial charge is 0.189 e. The highest BCUT2D eigenvalue weighted by molar-refractivity contribution is 8.02. The lowest BCUT2D eigenvalue weighted by molar-refractivity contribution is 0.102. The molecule has 0 fully saturated rings. The van der Waals surface area contributed by atoms with E-state index in [2.05, 4.69) is 13.2 Å². The molecule has 2 nitrogen and oxygen atoms in total. The van der Waals surface area contributed by atoms with Crippen molar-refractivity contribution >= 4 is 46.0 Å². The Labute approximate surface area is 136 Å². The van der Waals surface area contributed by atoms with Crippen LogP contribution >= 0.6 is 34.4 Å². The van der Waals surface area contributed by atoms with Crippen LogP contribution in [0.25, 0.3) is 0 Å². The topological polar surface area (TPSA) is 34.1 Å². The van der Waals surface area contributed by atoms with E-state index in [1.54, 1.807) is 25.6 Å². The molecule has 21 heavy (non-hydrogen) atoms. The SMILES string of the molecule is C=C(C)C(=O)c1csc(Sc2cc(C(=O)C(=C)C)cs2)c1. The lowest BCUT2D eigenvalue weighted by atomic mass is 10.1. The molecule has 0 aromatic carbocycles. The molecule has 0 radical (unpaired) electrons. The molecule has 108 valence electrons. The highest BCUT2D eigenvalue weighted by Crippen LogP contribution is 2.37. The highest BCUT2D eigenvalue weighted by Gasteiger charge is 2.13. The van der Waals surface area contributed by atoms with E-state index in [0.29, 0.717) is 22.3 Å². The Balaban J connectivity index is 2.13. The van der Waals surface area contributed by atoms with Gasteiger partial charge in [-0.25, -0.2) is 0 Å². The second kappa shape index (κ2) is 6.56. The van der Waals surface area contributed by atoms with Gasteiger partial charge >= 0.3 is 0 Å². The van der Waals surface area contributed by atoms with Crippen molar-refractivity contribution in [2.45, 2.75) is 22.3 Å². The maximum absolute atomic E-state index is 11.8. The molecule has 0 atom stereocenters. The summed E-state index contributed by atoms with van der Waals surface area (Å²) < 4.78 is 2.05. The van der Waals surface area contributed by atoms with Gasteiger partial charge in [0.15, 0.2) is 11.6 Å². The van der Waals surface area contributed by atoms with Crippen LogP contribution in [0, 0.1) is 0 Å². The van der Waals surface area contributed by atoms with Gasteiger partial charge in [0.2, 0.25) is 0 Å². The Bertz CT molecular complexity index is 672. The average molecular weight is 334 g/mol. The summed E-state index contributed by atoms with van der Waals surface area (Å²) in [5.41, 5.74) is 2.42. The number of hydrogen-bond acceptors (Lipinski definition) is 5. The molecule has 0 bridgehead atoms. The summed E-state index contributed by atoms with van der Waals surface area (Å²) in [5.74, 6) is -0.0511. The van der Waals surface area contributed by atoms with Crippen LogP contribution < -0.4 is 0 Å². The minimum absolute atomic E-state index is 0.0255. The van der Waals surface area contributed by atoms with E-state index >= 15 is 0 Å². The molecule has 2 rings (SSSR count). The molecule has 5 heteroatoms. The van der Waals surface area contributed by atoms with Gasteiger partial charge in [-0.05, 0) is 37.1 Å². The van der Waals surface area contributed by atoms with Gasteiger partial charge in [-0.3, -0.25) is 9.59 Å². The predicted octanol–water partition coefficient (Wildman–Crippen LogP) is 5.48. The van der Waals surface area contributed by atoms with E-state index in [1.807, 2.05) is 22.9 Å². The zero-order valence-corrected chi connectivity index (χ0v) is 14.2.